The summed E-state index contributed by atoms with van der Waals surface area (Å²) in [5, 5.41) is 10.3. The third-order valence-corrected chi connectivity index (χ3v) is 4.69. The molecular weight excluding hydrogens is 238 g/mol. The summed E-state index contributed by atoms with van der Waals surface area (Å²) < 4.78 is 5.46. The number of aliphatic hydroxyl groups is 1. The summed E-state index contributed by atoms with van der Waals surface area (Å²) in [5.41, 5.74) is 1.56. The molecule has 3 rings (SSSR count). The van der Waals surface area contributed by atoms with Crippen LogP contribution in [0.3, 0.4) is 0 Å². The van der Waals surface area contributed by atoms with Gasteiger partial charge in [-0.2, -0.15) is 0 Å². The summed E-state index contributed by atoms with van der Waals surface area (Å²) in [4.78, 5) is 2.48. The van der Waals surface area contributed by atoms with Gasteiger partial charge in [0.2, 0.25) is 0 Å². The molecule has 2 aliphatic rings. The van der Waals surface area contributed by atoms with Crippen molar-refractivity contribution < 1.29 is 9.84 Å². The quantitative estimate of drug-likeness (QED) is 0.898. The molecule has 0 radical (unpaired) electrons. The zero-order chi connectivity index (χ0) is 13.1. The van der Waals surface area contributed by atoms with E-state index in [2.05, 4.69) is 17.0 Å². The maximum absolute atomic E-state index is 10.3. The Bertz CT molecular complexity index is 400. The van der Waals surface area contributed by atoms with Crippen LogP contribution in [-0.4, -0.2) is 48.0 Å². The molecule has 0 aromatic heterocycles. The molecule has 2 fully saturated rings. The Morgan fingerprint density at radius 3 is 2.53 bits per heavy atom. The van der Waals surface area contributed by atoms with Crippen LogP contribution in [-0.2, 0) is 11.2 Å². The maximum atomic E-state index is 10.3. The number of β-amino-alcohol motifs (C(OH)–C–C–N with tert-alkyl or cyclic N) is 1. The fourth-order valence-electron chi connectivity index (χ4n) is 3.39. The Hall–Kier alpha value is -0.900. The molecule has 2 heterocycles. The van der Waals surface area contributed by atoms with E-state index < -0.39 is 0 Å². The predicted molar refractivity (Wildman–Crippen MR) is 75.1 cm³/mol. The Morgan fingerprint density at radius 1 is 1.16 bits per heavy atom. The smallest absolute Gasteiger partial charge is 0.0707 e. The van der Waals surface area contributed by atoms with Gasteiger partial charge in [-0.3, -0.25) is 4.90 Å². The van der Waals surface area contributed by atoms with E-state index in [1.165, 1.54) is 12.0 Å². The molecule has 104 valence electrons. The summed E-state index contributed by atoms with van der Waals surface area (Å²) in [6, 6.07) is 10.3. The van der Waals surface area contributed by atoms with Gasteiger partial charge < -0.3 is 9.84 Å². The van der Waals surface area contributed by atoms with Crippen molar-refractivity contribution >= 4 is 0 Å². The largest absolute Gasteiger partial charge is 0.391 e. The molecular formula is C16H23NO2. The zero-order valence-corrected chi connectivity index (χ0v) is 11.4. The Balaban J connectivity index is 1.53. The SMILES string of the molecule is O[C@@H](Cc1ccccc1)CN1CCC12CCOCC2. The Kier molecular flexibility index (Phi) is 3.87. The average molecular weight is 261 g/mol. The zero-order valence-electron chi connectivity index (χ0n) is 11.4. The minimum Gasteiger partial charge on any atom is -0.391 e. The van der Waals surface area contributed by atoms with E-state index in [9.17, 15) is 5.11 Å². The fraction of sp³-hybridized carbons (Fsp3) is 0.625. The summed E-state index contributed by atoms with van der Waals surface area (Å²) in [5.74, 6) is 0. The van der Waals surface area contributed by atoms with E-state index >= 15 is 0 Å². The van der Waals surface area contributed by atoms with Crippen molar-refractivity contribution in [2.75, 3.05) is 26.3 Å². The van der Waals surface area contributed by atoms with E-state index in [1.54, 1.807) is 0 Å². The molecule has 1 aromatic carbocycles. The molecule has 2 aliphatic heterocycles. The highest BCUT2D eigenvalue weighted by atomic mass is 16.5. The number of hydrogen-bond acceptors (Lipinski definition) is 3. The van der Waals surface area contributed by atoms with Gasteiger partial charge in [-0.1, -0.05) is 30.3 Å². The number of aliphatic hydroxyl groups excluding tert-OH is 1. The summed E-state index contributed by atoms with van der Waals surface area (Å²) in [6.45, 7) is 3.69. The lowest BCUT2D eigenvalue weighted by Crippen LogP contribution is -2.63. The molecule has 3 nitrogen and oxygen atoms in total. The van der Waals surface area contributed by atoms with Crippen LogP contribution in [0.1, 0.15) is 24.8 Å². The molecule has 1 spiro atoms. The van der Waals surface area contributed by atoms with Gasteiger partial charge in [-0.05, 0) is 31.2 Å². The standard InChI is InChI=1S/C16H23NO2/c18-15(12-14-4-2-1-3-5-14)13-17-9-6-16(17)7-10-19-11-8-16/h1-5,15,18H,6-13H2/t15-/m0/s1. The molecule has 19 heavy (non-hydrogen) atoms. The first-order valence-electron chi connectivity index (χ1n) is 7.33. The number of likely N-dealkylation sites (tertiary alicyclic amines) is 1. The third kappa shape index (κ3) is 2.83. The van der Waals surface area contributed by atoms with Gasteiger partial charge in [0.05, 0.1) is 6.10 Å². The van der Waals surface area contributed by atoms with E-state index in [0.717, 1.165) is 45.6 Å². The monoisotopic (exact) mass is 261 g/mol. The average Bonchev–Trinajstić information content (AvgIpc) is 2.46. The van der Waals surface area contributed by atoms with Gasteiger partial charge in [0.15, 0.2) is 0 Å². The van der Waals surface area contributed by atoms with Crippen LogP contribution in [0.25, 0.3) is 0 Å². The molecule has 3 heteroatoms. The molecule has 1 aromatic rings. The van der Waals surface area contributed by atoms with Crippen LogP contribution in [0.4, 0.5) is 0 Å². The fourth-order valence-corrected chi connectivity index (χ4v) is 3.39. The van der Waals surface area contributed by atoms with Crippen molar-refractivity contribution in [3.05, 3.63) is 35.9 Å². The van der Waals surface area contributed by atoms with Gasteiger partial charge in [-0.15, -0.1) is 0 Å². The summed E-state index contributed by atoms with van der Waals surface area (Å²) in [6.07, 6.45) is 4.02. The highest BCUT2D eigenvalue weighted by Crippen LogP contribution is 2.39. The highest BCUT2D eigenvalue weighted by Gasteiger charge is 2.45. The first-order chi connectivity index (χ1) is 9.28. The minimum atomic E-state index is -0.262. The number of rotatable bonds is 4. The lowest BCUT2D eigenvalue weighted by atomic mass is 9.77. The Morgan fingerprint density at radius 2 is 1.89 bits per heavy atom. The number of ether oxygens (including phenoxy) is 1. The number of nitrogens with zero attached hydrogens (tertiary/aromatic N) is 1. The lowest BCUT2D eigenvalue weighted by molar-refractivity contribution is -0.103. The van der Waals surface area contributed by atoms with Crippen LogP contribution in [0.15, 0.2) is 30.3 Å². The molecule has 1 N–H and O–H groups in total. The van der Waals surface area contributed by atoms with E-state index in [1.807, 2.05) is 18.2 Å². The summed E-state index contributed by atoms with van der Waals surface area (Å²) in [7, 11) is 0. The van der Waals surface area contributed by atoms with E-state index in [0.29, 0.717) is 5.54 Å². The van der Waals surface area contributed by atoms with Crippen molar-refractivity contribution in [1.29, 1.82) is 0 Å². The first kappa shape index (κ1) is 13.1. The van der Waals surface area contributed by atoms with E-state index in [-0.39, 0.29) is 6.10 Å². The van der Waals surface area contributed by atoms with Gasteiger partial charge in [0, 0.05) is 31.8 Å². The summed E-state index contributed by atoms with van der Waals surface area (Å²) >= 11 is 0. The van der Waals surface area contributed by atoms with Gasteiger partial charge in [0.25, 0.3) is 0 Å². The molecule has 0 saturated carbocycles. The molecule has 0 amide bonds. The second kappa shape index (κ2) is 5.61. The van der Waals surface area contributed by atoms with Crippen LogP contribution in [0, 0.1) is 0 Å². The lowest BCUT2D eigenvalue weighted by Gasteiger charge is -2.55. The minimum absolute atomic E-state index is 0.262. The molecule has 0 aliphatic carbocycles. The number of hydrogen-bond donors (Lipinski definition) is 1. The Labute approximate surface area is 115 Å². The van der Waals surface area contributed by atoms with Gasteiger partial charge in [-0.25, -0.2) is 0 Å². The van der Waals surface area contributed by atoms with Crippen LogP contribution < -0.4 is 0 Å². The van der Waals surface area contributed by atoms with Crippen molar-refractivity contribution in [3.63, 3.8) is 0 Å². The van der Waals surface area contributed by atoms with E-state index in [4.69, 9.17) is 4.74 Å². The van der Waals surface area contributed by atoms with Gasteiger partial charge >= 0.3 is 0 Å². The van der Waals surface area contributed by atoms with Crippen molar-refractivity contribution in [3.8, 4) is 0 Å². The maximum Gasteiger partial charge on any atom is 0.0707 e. The van der Waals surface area contributed by atoms with Crippen molar-refractivity contribution in [1.82, 2.24) is 4.90 Å². The second-order valence-corrected chi connectivity index (χ2v) is 5.88. The number of benzene rings is 1. The highest BCUT2D eigenvalue weighted by molar-refractivity contribution is 5.15. The molecule has 0 bridgehead atoms. The van der Waals surface area contributed by atoms with Crippen LogP contribution in [0.5, 0.6) is 0 Å². The van der Waals surface area contributed by atoms with Crippen LogP contribution >= 0.6 is 0 Å². The topological polar surface area (TPSA) is 32.7 Å². The van der Waals surface area contributed by atoms with Crippen molar-refractivity contribution in [2.24, 2.45) is 0 Å². The van der Waals surface area contributed by atoms with Gasteiger partial charge in [0.1, 0.15) is 0 Å². The second-order valence-electron chi connectivity index (χ2n) is 5.88. The first-order valence-corrected chi connectivity index (χ1v) is 7.33. The van der Waals surface area contributed by atoms with Crippen LogP contribution in [0.2, 0.25) is 0 Å². The predicted octanol–water partition coefficient (Wildman–Crippen LogP) is 1.84. The van der Waals surface area contributed by atoms with Crippen molar-refractivity contribution in [2.45, 2.75) is 37.3 Å². The normalized spacial score (nSPS) is 24.1. The third-order valence-electron chi connectivity index (χ3n) is 4.69. The molecule has 2 saturated heterocycles. The molecule has 1 atom stereocenters. The molecule has 0 unspecified atom stereocenters.